The topological polar surface area (TPSA) is 72.3 Å². The third-order valence-corrected chi connectivity index (χ3v) is 4.63. The number of nitrogens with zero attached hydrogens (tertiary/aromatic N) is 4. The van der Waals surface area contributed by atoms with Gasteiger partial charge in [-0.1, -0.05) is 13.8 Å². The molecule has 0 saturated carbocycles. The summed E-state index contributed by atoms with van der Waals surface area (Å²) in [5.41, 5.74) is 0. The second-order valence-electron chi connectivity index (χ2n) is 6.31. The van der Waals surface area contributed by atoms with Crippen molar-refractivity contribution >= 4 is 23.1 Å². The van der Waals surface area contributed by atoms with Crippen molar-refractivity contribution in [2.24, 2.45) is 5.92 Å². The van der Waals surface area contributed by atoms with E-state index in [-0.39, 0.29) is 12.0 Å². The van der Waals surface area contributed by atoms with Gasteiger partial charge in [0.1, 0.15) is 16.9 Å². The normalized spacial score (nSPS) is 18.9. The van der Waals surface area contributed by atoms with E-state index in [9.17, 15) is 4.79 Å². The maximum Gasteiger partial charge on any atom is 0.239 e. The number of nitrogens with one attached hydrogen (secondary N) is 1. The summed E-state index contributed by atoms with van der Waals surface area (Å²) >= 11 is 1.59. The van der Waals surface area contributed by atoms with Crippen LogP contribution >= 0.6 is 11.3 Å². The third kappa shape index (κ3) is 4.40. The Morgan fingerprint density at radius 1 is 1.50 bits per heavy atom. The van der Waals surface area contributed by atoms with Crippen LogP contribution in [-0.4, -0.2) is 51.8 Å². The molecule has 1 fully saturated rings. The van der Waals surface area contributed by atoms with Crippen molar-refractivity contribution in [1.82, 2.24) is 19.7 Å². The average Bonchev–Trinajstić information content (AvgIpc) is 3.19. The van der Waals surface area contributed by atoms with E-state index in [1.807, 2.05) is 16.1 Å². The first-order chi connectivity index (χ1) is 11.6. The van der Waals surface area contributed by atoms with Crippen molar-refractivity contribution in [3.63, 3.8) is 0 Å². The van der Waals surface area contributed by atoms with E-state index >= 15 is 0 Å². The van der Waals surface area contributed by atoms with E-state index in [4.69, 9.17) is 4.74 Å². The summed E-state index contributed by atoms with van der Waals surface area (Å²) in [5.74, 6) is 1.19. The third-order valence-electron chi connectivity index (χ3n) is 3.77. The van der Waals surface area contributed by atoms with Crippen molar-refractivity contribution in [2.45, 2.75) is 26.5 Å². The van der Waals surface area contributed by atoms with Gasteiger partial charge < -0.3 is 10.1 Å². The molecule has 0 unspecified atom stereocenters. The van der Waals surface area contributed by atoms with Gasteiger partial charge >= 0.3 is 0 Å². The van der Waals surface area contributed by atoms with E-state index in [0.717, 1.165) is 23.9 Å². The zero-order valence-electron chi connectivity index (χ0n) is 14.0. The number of amides is 1. The Bertz CT molecular complexity index is 655. The first kappa shape index (κ1) is 17.1. The molecule has 1 atom stereocenters. The van der Waals surface area contributed by atoms with Crippen molar-refractivity contribution in [3.8, 4) is 0 Å². The number of aromatic nitrogens is 3. The number of rotatable bonds is 6. The van der Waals surface area contributed by atoms with Gasteiger partial charge in [0.2, 0.25) is 5.91 Å². The summed E-state index contributed by atoms with van der Waals surface area (Å²) in [6, 6.07) is 1.83. The Hall–Kier alpha value is -1.77. The molecular formula is C16H23N5O2S. The summed E-state index contributed by atoms with van der Waals surface area (Å²) in [6.07, 6.45) is 3.45. The molecule has 8 heteroatoms. The second kappa shape index (κ2) is 7.87. The fourth-order valence-electron chi connectivity index (χ4n) is 2.70. The minimum absolute atomic E-state index is 0.0275. The highest BCUT2D eigenvalue weighted by Gasteiger charge is 2.25. The van der Waals surface area contributed by atoms with E-state index in [1.165, 1.54) is 0 Å². The van der Waals surface area contributed by atoms with Crippen LogP contribution in [0.25, 0.3) is 0 Å². The molecule has 3 rings (SSSR count). The number of anilines is 1. The van der Waals surface area contributed by atoms with E-state index in [0.29, 0.717) is 25.6 Å². The maximum atomic E-state index is 12.4. The summed E-state index contributed by atoms with van der Waals surface area (Å²) in [5, 5.41) is 10.1. The standard InChI is InChI=1S/C16H23N5O2S/c1-12(2)9-21-14(3-4-18-21)19-15(22)11-20-6-7-23-13(10-20)16-17-5-8-24-16/h3-5,8,12-13H,6-7,9-11H2,1-2H3,(H,19,22)/t13-/m1/s1. The summed E-state index contributed by atoms with van der Waals surface area (Å²) < 4.78 is 7.60. The highest BCUT2D eigenvalue weighted by molar-refractivity contribution is 7.09. The summed E-state index contributed by atoms with van der Waals surface area (Å²) in [4.78, 5) is 18.8. The van der Waals surface area contributed by atoms with E-state index in [2.05, 4.69) is 34.1 Å². The fourth-order valence-corrected chi connectivity index (χ4v) is 3.38. The molecule has 3 heterocycles. The van der Waals surface area contributed by atoms with Crippen molar-refractivity contribution in [1.29, 1.82) is 0 Å². The highest BCUT2D eigenvalue weighted by atomic mass is 32.1. The Morgan fingerprint density at radius 3 is 3.12 bits per heavy atom. The molecule has 0 radical (unpaired) electrons. The molecule has 24 heavy (non-hydrogen) atoms. The molecule has 0 aromatic carbocycles. The Balaban J connectivity index is 1.54. The minimum Gasteiger partial charge on any atom is -0.368 e. The van der Waals surface area contributed by atoms with Gasteiger partial charge in [-0.25, -0.2) is 9.67 Å². The van der Waals surface area contributed by atoms with Crippen molar-refractivity contribution in [2.75, 3.05) is 31.6 Å². The Morgan fingerprint density at radius 2 is 2.38 bits per heavy atom. The molecule has 2 aromatic rings. The fraction of sp³-hybridized carbons (Fsp3) is 0.562. The van der Waals surface area contributed by atoms with Gasteiger partial charge in [-0.2, -0.15) is 5.10 Å². The molecule has 0 spiro atoms. The quantitative estimate of drug-likeness (QED) is 0.864. The first-order valence-electron chi connectivity index (χ1n) is 8.17. The van der Waals surface area contributed by atoms with Crippen LogP contribution in [0.5, 0.6) is 0 Å². The lowest BCUT2D eigenvalue weighted by molar-refractivity contribution is -0.119. The van der Waals surface area contributed by atoms with Crippen LogP contribution in [0.2, 0.25) is 0 Å². The van der Waals surface area contributed by atoms with Crippen LogP contribution in [-0.2, 0) is 16.1 Å². The summed E-state index contributed by atoms with van der Waals surface area (Å²) in [7, 11) is 0. The molecule has 1 amide bonds. The number of hydrogen-bond donors (Lipinski definition) is 1. The Kier molecular flexibility index (Phi) is 5.60. The molecule has 1 saturated heterocycles. The molecule has 1 N–H and O–H groups in total. The molecular weight excluding hydrogens is 326 g/mol. The highest BCUT2D eigenvalue weighted by Crippen LogP contribution is 2.23. The lowest BCUT2D eigenvalue weighted by Crippen LogP contribution is -2.42. The van der Waals surface area contributed by atoms with Crippen LogP contribution < -0.4 is 5.32 Å². The number of ether oxygens (including phenoxy) is 1. The van der Waals surface area contributed by atoms with Gasteiger partial charge in [-0.15, -0.1) is 11.3 Å². The molecule has 130 valence electrons. The van der Waals surface area contributed by atoms with Gasteiger partial charge in [0, 0.05) is 37.3 Å². The predicted molar refractivity (Wildman–Crippen MR) is 92.9 cm³/mol. The van der Waals surface area contributed by atoms with Gasteiger partial charge in [0.15, 0.2) is 0 Å². The van der Waals surface area contributed by atoms with E-state index < -0.39 is 0 Å². The molecule has 2 aromatic heterocycles. The monoisotopic (exact) mass is 349 g/mol. The SMILES string of the molecule is CC(C)Cn1nccc1NC(=O)CN1CCO[C@@H](c2nccs2)C1. The molecule has 1 aliphatic heterocycles. The number of carbonyl (C=O) groups is 1. The van der Waals surface area contributed by atoms with E-state index in [1.54, 1.807) is 23.7 Å². The molecule has 0 aliphatic carbocycles. The molecule has 7 nitrogen and oxygen atoms in total. The summed E-state index contributed by atoms with van der Waals surface area (Å²) in [6.45, 7) is 7.43. The molecule has 1 aliphatic rings. The van der Waals surface area contributed by atoms with Crippen LogP contribution in [0.3, 0.4) is 0 Å². The molecule has 0 bridgehead atoms. The number of thiazole rings is 1. The van der Waals surface area contributed by atoms with Gasteiger partial charge in [0.25, 0.3) is 0 Å². The lowest BCUT2D eigenvalue weighted by Gasteiger charge is -2.31. The average molecular weight is 349 g/mol. The number of carbonyl (C=O) groups excluding carboxylic acids is 1. The Labute approximate surface area is 145 Å². The second-order valence-corrected chi connectivity index (χ2v) is 7.23. The predicted octanol–water partition coefficient (Wildman–Crippen LogP) is 2.01. The van der Waals surface area contributed by atoms with Gasteiger partial charge in [-0.3, -0.25) is 9.69 Å². The smallest absolute Gasteiger partial charge is 0.239 e. The number of morpholine rings is 1. The lowest BCUT2D eigenvalue weighted by atomic mass is 10.2. The van der Waals surface area contributed by atoms with Crippen molar-refractivity contribution < 1.29 is 9.53 Å². The van der Waals surface area contributed by atoms with Crippen molar-refractivity contribution in [3.05, 3.63) is 28.8 Å². The number of hydrogen-bond acceptors (Lipinski definition) is 6. The zero-order valence-corrected chi connectivity index (χ0v) is 14.8. The van der Waals surface area contributed by atoms with Gasteiger partial charge in [-0.05, 0) is 5.92 Å². The first-order valence-corrected chi connectivity index (χ1v) is 9.05. The minimum atomic E-state index is -0.0435. The van der Waals surface area contributed by atoms with Gasteiger partial charge in [0.05, 0.1) is 19.3 Å². The van der Waals surface area contributed by atoms with Crippen LogP contribution in [0.15, 0.2) is 23.8 Å². The van der Waals surface area contributed by atoms with Crippen LogP contribution in [0.1, 0.15) is 25.0 Å². The van der Waals surface area contributed by atoms with Crippen LogP contribution in [0, 0.1) is 5.92 Å². The zero-order chi connectivity index (χ0) is 16.9. The van der Waals surface area contributed by atoms with Crippen LogP contribution in [0.4, 0.5) is 5.82 Å². The largest absolute Gasteiger partial charge is 0.368 e. The maximum absolute atomic E-state index is 12.4.